The number of nitrogens with zero attached hydrogens (tertiary/aromatic N) is 2. The highest BCUT2D eigenvalue weighted by atomic mass is 32.1. The lowest BCUT2D eigenvalue weighted by atomic mass is 10.0. The van der Waals surface area contributed by atoms with E-state index >= 15 is 0 Å². The number of benzene rings is 2. The van der Waals surface area contributed by atoms with Gasteiger partial charge in [0.2, 0.25) is 0 Å². The molecule has 2 heterocycles. The quantitative estimate of drug-likeness (QED) is 0.470. The number of amides is 1. The summed E-state index contributed by atoms with van der Waals surface area (Å²) in [6.45, 7) is 4.16. The topological polar surface area (TPSA) is 46.3 Å². The van der Waals surface area contributed by atoms with Crippen LogP contribution in [0.15, 0.2) is 59.2 Å². The smallest absolute Gasteiger partial charge is 0.260 e. The Morgan fingerprint density at radius 2 is 2.04 bits per heavy atom. The Balaban J connectivity index is 1.79. The summed E-state index contributed by atoms with van der Waals surface area (Å²) in [4.78, 5) is 19.5. The van der Waals surface area contributed by atoms with Gasteiger partial charge in [0, 0.05) is 5.56 Å². The van der Waals surface area contributed by atoms with Crippen molar-refractivity contribution in [2.45, 2.75) is 20.4 Å². The summed E-state index contributed by atoms with van der Waals surface area (Å²) in [5.41, 5.74) is 3.26. The van der Waals surface area contributed by atoms with Crippen LogP contribution >= 0.6 is 11.3 Å². The number of furan rings is 1. The van der Waals surface area contributed by atoms with Gasteiger partial charge in [0.25, 0.3) is 5.91 Å². The van der Waals surface area contributed by atoms with Gasteiger partial charge in [0.05, 0.1) is 23.0 Å². The molecule has 27 heavy (non-hydrogen) atoms. The van der Waals surface area contributed by atoms with Gasteiger partial charge in [-0.3, -0.25) is 9.69 Å². The van der Waals surface area contributed by atoms with Crippen molar-refractivity contribution in [3.63, 3.8) is 0 Å². The second-order valence-corrected chi connectivity index (χ2v) is 7.41. The zero-order chi connectivity index (χ0) is 19.0. The third-order valence-electron chi connectivity index (χ3n) is 4.32. The summed E-state index contributed by atoms with van der Waals surface area (Å²) in [6.07, 6.45) is 1.57. The largest absolute Gasteiger partial charge is 0.467 e. The highest BCUT2D eigenvalue weighted by Gasteiger charge is 2.24. The zero-order valence-electron chi connectivity index (χ0n) is 14.9. The Bertz CT molecular complexity index is 1120. The van der Waals surface area contributed by atoms with Crippen LogP contribution in [0.1, 0.15) is 27.2 Å². The van der Waals surface area contributed by atoms with Crippen LogP contribution in [0.4, 0.5) is 9.52 Å². The predicted octanol–water partition coefficient (Wildman–Crippen LogP) is 5.49. The monoisotopic (exact) mass is 380 g/mol. The molecule has 2 aromatic heterocycles. The number of halogens is 1. The van der Waals surface area contributed by atoms with Crippen LogP contribution in [0, 0.1) is 19.7 Å². The number of carbonyl (C=O) groups excluding carboxylic acids is 1. The van der Waals surface area contributed by atoms with Gasteiger partial charge >= 0.3 is 0 Å². The van der Waals surface area contributed by atoms with Crippen molar-refractivity contribution in [2.24, 2.45) is 0 Å². The number of aryl methyl sites for hydroxylation is 2. The fourth-order valence-corrected chi connectivity index (χ4v) is 3.97. The molecule has 1 amide bonds. The fourth-order valence-electron chi connectivity index (χ4n) is 2.99. The predicted molar refractivity (Wildman–Crippen MR) is 105 cm³/mol. The first-order chi connectivity index (χ1) is 13.0. The average Bonchev–Trinajstić information content (AvgIpc) is 3.28. The third-order valence-corrected chi connectivity index (χ3v) is 5.36. The lowest BCUT2D eigenvalue weighted by molar-refractivity contribution is 0.0982. The molecule has 6 heteroatoms. The maximum absolute atomic E-state index is 13.5. The Morgan fingerprint density at radius 3 is 2.78 bits per heavy atom. The van der Waals surface area contributed by atoms with Crippen molar-refractivity contribution in [3.8, 4) is 0 Å². The maximum Gasteiger partial charge on any atom is 0.260 e. The number of rotatable bonds is 4. The van der Waals surface area contributed by atoms with Crippen molar-refractivity contribution in [1.82, 2.24) is 4.98 Å². The Hall–Kier alpha value is -2.99. The van der Waals surface area contributed by atoms with E-state index in [4.69, 9.17) is 4.42 Å². The molecule has 136 valence electrons. The second kappa shape index (κ2) is 6.96. The van der Waals surface area contributed by atoms with Crippen LogP contribution in [0.3, 0.4) is 0 Å². The van der Waals surface area contributed by atoms with Crippen molar-refractivity contribution in [2.75, 3.05) is 4.90 Å². The van der Waals surface area contributed by atoms with E-state index in [0.717, 1.165) is 11.1 Å². The molecule has 0 bridgehead atoms. The minimum atomic E-state index is -0.323. The molecule has 0 spiro atoms. The minimum absolute atomic E-state index is 0.163. The Labute approximate surface area is 159 Å². The molecular weight excluding hydrogens is 363 g/mol. The molecule has 4 nitrogen and oxygen atoms in total. The van der Waals surface area contributed by atoms with Crippen LogP contribution < -0.4 is 4.90 Å². The lowest BCUT2D eigenvalue weighted by Crippen LogP contribution is -2.30. The van der Waals surface area contributed by atoms with Gasteiger partial charge in [0.1, 0.15) is 11.6 Å². The van der Waals surface area contributed by atoms with Gasteiger partial charge in [-0.2, -0.15) is 0 Å². The van der Waals surface area contributed by atoms with Crippen molar-refractivity contribution >= 4 is 32.6 Å². The van der Waals surface area contributed by atoms with Gasteiger partial charge in [-0.25, -0.2) is 9.37 Å². The number of aromatic nitrogens is 1. The number of anilines is 1. The molecule has 2 aromatic carbocycles. The first kappa shape index (κ1) is 17.4. The summed E-state index contributed by atoms with van der Waals surface area (Å²) in [5.74, 6) is 0.165. The SMILES string of the molecule is Cc1ccc(C(=O)N(Cc2ccco2)c2nc3ccc(F)cc3s2)c(C)c1. The normalized spacial score (nSPS) is 11.1. The molecule has 0 atom stereocenters. The number of fused-ring (bicyclic) bond motifs is 1. The summed E-state index contributed by atoms with van der Waals surface area (Å²) in [7, 11) is 0. The summed E-state index contributed by atoms with van der Waals surface area (Å²) in [6, 6.07) is 13.7. The van der Waals surface area contributed by atoms with Crippen LogP contribution in [-0.4, -0.2) is 10.9 Å². The lowest BCUT2D eigenvalue weighted by Gasteiger charge is -2.20. The summed E-state index contributed by atoms with van der Waals surface area (Å²) < 4.78 is 19.7. The number of hydrogen-bond donors (Lipinski definition) is 0. The molecule has 0 fully saturated rings. The molecule has 0 unspecified atom stereocenters. The van der Waals surface area contributed by atoms with Crippen LogP contribution in [0.5, 0.6) is 0 Å². The van der Waals surface area contributed by atoms with E-state index in [1.54, 1.807) is 23.3 Å². The number of thiazole rings is 1. The fraction of sp³-hybridized carbons (Fsp3) is 0.143. The van der Waals surface area contributed by atoms with Gasteiger partial charge in [-0.15, -0.1) is 0 Å². The van der Waals surface area contributed by atoms with E-state index in [0.29, 0.717) is 26.7 Å². The first-order valence-corrected chi connectivity index (χ1v) is 9.30. The van der Waals surface area contributed by atoms with Crippen molar-refractivity contribution < 1.29 is 13.6 Å². The molecule has 0 radical (unpaired) electrons. The molecular formula is C21H17FN2O2S. The average molecular weight is 380 g/mol. The standard InChI is InChI=1S/C21H17FN2O2S/c1-13-5-7-17(14(2)10-13)20(25)24(12-16-4-3-9-26-16)21-23-18-8-6-15(22)11-19(18)27-21/h3-11H,12H2,1-2H3. The van der Waals surface area contributed by atoms with Gasteiger partial charge in [-0.1, -0.05) is 29.0 Å². The van der Waals surface area contributed by atoms with Crippen LogP contribution in [-0.2, 0) is 6.54 Å². The highest BCUT2D eigenvalue weighted by molar-refractivity contribution is 7.22. The minimum Gasteiger partial charge on any atom is -0.467 e. The zero-order valence-corrected chi connectivity index (χ0v) is 15.7. The first-order valence-electron chi connectivity index (χ1n) is 8.49. The Morgan fingerprint density at radius 1 is 1.19 bits per heavy atom. The molecule has 0 saturated heterocycles. The van der Waals surface area contributed by atoms with Crippen LogP contribution in [0.2, 0.25) is 0 Å². The number of hydrogen-bond acceptors (Lipinski definition) is 4. The maximum atomic E-state index is 13.5. The van der Waals surface area contributed by atoms with E-state index < -0.39 is 0 Å². The molecule has 0 N–H and O–H groups in total. The van der Waals surface area contributed by atoms with E-state index in [2.05, 4.69) is 4.98 Å². The highest BCUT2D eigenvalue weighted by Crippen LogP contribution is 2.31. The third kappa shape index (κ3) is 3.48. The molecule has 0 aliphatic carbocycles. The summed E-state index contributed by atoms with van der Waals surface area (Å²) in [5, 5.41) is 0.511. The summed E-state index contributed by atoms with van der Waals surface area (Å²) >= 11 is 1.29. The van der Waals surface area contributed by atoms with E-state index in [1.165, 1.54) is 23.5 Å². The molecule has 0 saturated carbocycles. The van der Waals surface area contributed by atoms with E-state index in [9.17, 15) is 9.18 Å². The van der Waals surface area contributed by atoms with Gasteiger partial charge < -0.3 is 4.42 Å². The van der Waals surface area contributed by atoms with E-state index in [-0.39, 0.29) is 18.3 Å². The van der Waals surface area contributed by atoms with Crippen molar-refractivity contribution in [1.29, 1.82) is 0 Å². The van der Waals surface area contributed by atoms with Gasteiger partial charge in [-0.05, 0) is 55.8 Å². The molecule has 0 aliphatic rings. The van der Waals surface area contributed by atoms with Crippen molar-refractivity contribution in [3.05, 3.63) is 83.1 Å². The van der Waals surface area contributed by atoms with Crippen LogP contribution in [0.25, 0.3) is 10.2 Å². The van der Waals surface area contributed by atoms with E-state index in [1.807, 2.05) is 38.1 Å². The molecule has 4 rings (SSSR count). The van der Waals surface area contributed by atoms with Gasteiger partial charge in [0.15, 0.2) is 5.13 Å². The second-order valence-electron chi connectivity index (χ2n) is 6.40. The Kier molecular flexibility index (Phi) is 4.49. The molecule has 0 aliphatic heterocycles. The number of carbonyl (C=O) groups is 1. The molecule has 4 aromatic rings.